The maximum atomic E-state index is 12.3. The first kappa shape index (κ1) is 12.4. The lowest BCUT2D eigenvalue weighted by Gasteiger charge is -2.09. The SMILES string of the molecule is N#CCc1cc(C(F)F)nc(C(F)(F)F)c1. The highest BCUT2D eigenvalue weighted by Crippen LogP contribution is 2.30. The van der Waals surface area contributed by atoms with Gasteiger partial charge < -0.3 is 0 Å². The van der Waals surface area contributed by atoms with Gasteiger partial charge in [-0.1, -0.05) is 0 Å². The average Bonchev–Trinajstić information content (AvgIpc) is 2.16. The molecule has 0 aliphatic carbocycles. The molecular weight excluding hydrogens is 231 g/mol. The summed E-state index contributed by atoms with van der Waals surface area (Å²) in [7, 11) is 0. The summed E-state index contributed by atoms with van der Waals surface area (Å²) >= 11 is 0. The largest absolute Gasteiger partial charge is 0.433 e. The van der Waals surface area contributed by atoms with Crippen LogP contribution in [0, 0.1) is 11.3 Å². The summed E-state index contributed by atoms with van der Waals surface area (Å²) in [6.45, 7) is 0. The highest BCUT2D eigenvalue weighted by molar-refractivity contribution is 5.26. The monoisotopic (exact) mass is 236 g/mol. The molecule has 16 heavy (non-hydrogen) atoms. The van der Waals surface area contributed by atoms with E-state index in [1.807, 2.05) is 0 Å². The maximum Gasteiger partial charge on any atom is 0.433 e. The Bertz CT molecular complexity index is 419. The molecular formula is C9H5F5N2. The molecule has 0 saturated heterocycles. The van der Waals surface area contributed by atoms with E-state index in [4.69, 9.17) is 5.26 Å². The Balaban J connectivity index is 3.25. The smallest absolute Gasteiger partial charge is 0.242 e. The molecule has 0 atom stereocenters. The van der Waals surface area contributed by atoms with Crippen LogP contribution in [0.5, 0.6) is 0 Å². The van der Waals surface area contributed by atoms with Crippen molar-refractivity contribution in [2.45, 2.75) is 19.0 Å². The topological polar surface area (TPSA) is 36.7 Å². The molecule has 0 bridgehead atoms. The fourth-order valence-electron chi connectivity index (χ4n) is 1.06. The Hall–Kier alpha value is -1.71. The van der Waals surface area contributed by atoms with Crippen LogP contribution in [0.1, 0.15) is 23.4 Å². The van der Waals surface area contributed by atoms with E-state index in [1.165, 1.54) is 0 Å². The molecule has 0 aliphatic rings. The summed E-state index contributed by atoms with van der Waals surface area (Å²) in [5.41, 5.74) is -2.50. The van der Waals surface area contributed by atoms with Crippen LogP contribution in [0.4, 0.5) is 22.0 Å². The number of alkyl halides is 5. The van der Waals surface area contributed by atoms with E-state index in [-0.39, 0.29) is 12.0 Å². The minimum atomic E-state index is -4.80. The summed E-state index contributed by atoms with van der Waals surface area (Å²) in [6, 6.07) is 2.98. The molecule has 1 rings (SSSR count). The minimum absolute atomic E-state index is 0.125. The van der Waals surface area contributed by atoms with Gasteiger partial charge >= 0.3 is 6.18 Å². The van der Waals surface area contributed by atoms with Gasteiger partial charge in [0.05, 0.1) is 12.5 Å². The summed E-state index contributed by atoms with van der Waals surface area (Å²) in [6.07, 6.45) is -8.26. The van der Waals surface area contributed by atoms with Gasteiger partial charge in [-0.15, -0.1) is 0 Å². The molecule has 0 spiro atoms. The number of hydrogen-bond acceptors (Lipinski definition) is 2. The second-order valence-corrected chi connectivity index (χ2v) is 2.92. The fraction of sp³-hybridized carbons (Fsp3) is 0.333. The van der Waals surface area contributed by atoms with E-state index in [0.717, 1.165) is 6.07 Å². The van der Waals surface area contributed by atoms with Crippen LogP contribution in [0.15, 0.2) is 12.1 Å². The number of nitriles is 1. The Morgan fingerprint density at radius 2 is 1.94 bits per heavy atom. The van der Waals surface area contributed by atoms with Crippen molar-refractivity contribution in [1.29, 1.82) is 5.26 Å². The van der Waals surface area contributed by atoms with Gasteiger partial charge in [0, 0.05) is 0 Å². The van der Waals surface area contributed by atoms with Crippen molar-refractivity contribution in [2.24, 2.45) is 0 Å². The third-order valence-corrected chi connectivity index (χ3v) is 1.70. The molecule has 0 aromatic carbocycles. The van der Waals surface area contributed by atoms with Gasteiger partial charge in [0.15, 0.2) is 0 Å². The van der Waals surface area contributed by atoms with E-state index in [9.17, 15) is 22.0 Å². The molecule has 0 radical (unpaired) electrons. The van der Waals surface area contributed by atoms with Crippen molar-refractivity contribution in [3.8, 4) is 6.07 Å². The Morgan fingerprint density at radius 3 is 2.38 bits per heavy atom. The normalized spacial score (nSPS) is 11.6. The van der Waals surface area contributed by atoms with Gasteiger partial charge in [0.2, 0.25) is 0 Å². The Labute approximate surface area is 87.3 Å². The van der Waals surface area contributed by atoms with Crippen LogP contribution in [0.2, 0.25) is 0 Å². The quantitative estimate of drug-likeness (QED) is 0.740. The van der Waals surface area contributed by atoms with E-state index in [2.05, 4.69) is 4.98 Å². The van der Waals surface area contributed by atoms with Crippen LogP contribution >= 0.6 is 0 Å². The molecule has 2 nitrogen and oxygen atoms in total. The standard InChI is InChI=1S/C9H5F5N2/c10-8(11)6-3-5(1-2-15)4-7(16-6)9(12,13)14/h3-4,8H,1H2. The fourth-order valence-corrected chi connectivity index (χ4v) is 1.06. The molecule has 7 heteroatoms. The molecule has 1 heterocycles. The zero-order valence-electron chi connectivity index (χ0n) is 7.72. The van der Waals surface area contributed by atoms with Crippen molar-refractivity contribution in [3.63, 3.8) is 0 Å². The highest BCUT2D eigenvalue weighted by Gasteiger charge is 2.33. The molecule has 86 valence electrons. The molecule has 0 aliphatic heterocycles. The Morgan fingerprint density at radius 1 is 1.31 bits per heavy atom. The number of aromatic nitrogens is 1. The number of nitrogens with zero attached hydrogens (tertiary/aromatic N) is 2. The predicted octanol–water partition coefficient (Wildman–Crippen LogP) is 3.10. The second kappa shape index (κ2) is 4.43. The lowest BCUT2D eigenvalue weighted by molar-refractivity contribution is -0.141. The molecule has 0 amide bonds. The third kappa shape index (κ3) is 2.89. The number of halogens is 5. The molecule has 1 aromatic heterocycles. The first-order valence-electron chi connectivity index (χ1n) is 4.07. The third-order valence-electron chi connectivity index (χ3n) is 1.70. The molecule has 0 saturated carbocycles. The summed E-state index contributed by atoms with van der Waals surface area (Å²) in [4.78, 5) is 2.80. The first-order chi connectivity index (χ1) is 7.34. The maximum absolute atomic E-state index is 12.3. The lowest BCUT2D eigenvalue weighted by atomic mass is 10.1. The van der Waals surface area contributed by atoms with Gasteiger partial charge in [0.1, 0.15) is 11.4 Å². The summed E-state index contributed by atoms with van der Waals surface area (Å²) < 4.78 is 61.3. The van der Waals surface area contributed by atoms with Crippen molar-refractivity contribution in [3.05, 3.63) is 29.1 Å². The zero-order valence-corrected chi connectivity index (χ0v) is 7.72. The van der Waals surface area contributed by atoms with E-state index < -0.39 is 24.0 Å². The number of pyridine rings is 1. The van der Waals surface area contributed by atoms with Crippen LogP contribution in [-0.2, 0) is 12.6 Å². The van der Waals surface area contributed by atoms with Gasteiger partial charge in [-0.3, -0.25) is 0 Å². The van der Waals surface area contributed by atoms with Crippen molar-refractivity contribution in [1.82, 2.24) is 4.98 Å². The summed E-state index contributed by atoms with van der Waals surface area (Å²) in [5, 5.41) is 8.30. The first-order valence-corrected chi connectivity index (χ1v) is 4.07. The van der Waals surface area contributed by atoms with Gasteiger partial charge in [-0.2, -0.15) is 18.4 Å². The van der Waals surface area contributed by atoms with E-state index in [0.29, 0.717) is 6.07 Å². The van der Waals surface area contributed by atoms with Gasteiger partial charge in [-0.25, -0.2) is 13.8 Å². The highest BCUT2D eigenvalue weighted by atomic mass is 19.4. The average molecular weight is 236 g/mol. The van der Waals surface area contributed by atoms with Gasteiger partial charge in [-0.05, 0) is 17.7 Å². The van der Waals surface area contributed by atoms with Crippen LogP contribution in [0.25, 0.3) is 0 Å². The zero-order chi connectivity index (χ0) is 12.3. The van der Waals surface area contributed by atoms with Crippen LogP contribution in [0.3, 0.4) is 0 Å². The second-order valence-electron chi connectivity index (χ2n) is 2.92. The van der Waals surface area contributed by atoms with Crippen molar-refractivity contribution >= 4 is 0 Å². The molecule has 0 unspecified atom stereocenters. The molecule has 1 aromatic rings. The van der Waals surface area contributed by atoms with Gasteiger partial charge in [0.25, 0.3) is 6.43 Å². The van der Waals surface area contributed by atoms with E-state index >= 15 is 0 Å². The molecule has 0 N–H and O–H groups in total. The number of hydrogen-bond donors (Lipinski definition) is 0. The van der Waals surface area contributed by atoms with Crippen molar-refractivity contribution in [2.75, 3.05) is 0 Å². The molecule has 0 fully saturated rings. The summed E-state index contributed by atoms with van der Waals surface area (Å²) in [5.74, 6) is 0. The minimum Gasteiger partial charge on any atom is -0.242 e. The van der Waals surface area contributed by atoms with Crippen LogP contribution in [-0.4, -0.2) is 4.98 Å². The van der Waals surface area contributed by atoms with Crippen molar-refractivity contribution < 1.29 is 22.0 Å². The lowest BCUT2D eigenvalue weighted by Crippen LogP contribution is -2.10. The van der Waals surface area contributed by atoms with Crippen LogP contribution < -0.4 is 0 Å². The predicted molar refractivity (Wildman–Crippen MR) is 43.5 cm³/mol. The number of rotatable bonds is 2. The Kier molecular flexibility index (Phi) is 3.42. The van der Waals surface area contributed by atoms with E-state index in [1.54, 1.807) is 6.07 Å².